The lowest BCUT2D eigenvalue weighted by Crippen LogP contribution is -2.51. The average molecular weight is 466 g/mol. The molecule has 0 aliphatic carbocycles. The fourth-order valence-corrected chi connectivity index (χ4v) is 4.04. The van der Waals surface area contributed by atoms with Crippen LogP contribution in [-0.2, 0) is 26.2 Å². The Hall–Kier alpha value is -2.58. The number of rotatable bonds is 10. The summed E-state index contributed by atoms with van der Waals surface area (Å²) in [6.45, 7) is 3.68. The van der Waals surface area contributed by atoms with Crippen LogP contribution in [0.5, 0.6) is 0 Å². The van der Waals surface area contributed by atoms with Crippen molar-refractivity contribution >= 4 is 39.1 Å². The second kappa shape index (κ2) is 11.2. The number of amides is 2. The molecule has 0 spiro atoms. The highest BCUT2D eigenvalue weighted by Crippen LogP contribution is 2.21. The van der Waals surface area contributed by atoms with Gasteiger partial charge < -0.3 is 10.2 Å². The quantitative estimate of drug-likeness (QED) is 0.584. The van der Waals surface area contributed by atoms with E-state index in [1.165, 1.54) is 4.90 Å². The fourth-order valence-electron chi connectivity index (χ4n) is 3.00. The first kappa shape index (κ1) is 24.7. The number of carbonyl (C=O) groups is 2. The molecule has 2 amide bonds. The Kier molecular flexibility index (Phi) is 8.88. The van der Waals surface area contributed by atoms with Crippen LogP contribution in [0, 0.1) is 0 Å². The first-order valence-electron chi connectivity index (χ1n) is 9.98. The van der Waals surface area contributed by atoms with Gasteiger partial charge in [0, 0.05) is 18.1 Å². The fraction of sp³-hybridized carbons (Fsp3) is 0.364. The number of halogens is 1. The van der Waals surface area contributed by atoms with E-state index in [4.69, 9.17) is 11.6 Å². The summed E-state index contributed by atoms with van der Waals surface area (Å²) >= 11 is 6.27. The molecule has 168 valence electrons. The molecule has 0 aliphatic heterocycles. The lowest BCUT2D eigenvalue weighted by molar-refractivity contribution is -0.139. The minimum atomic E-state index is -3.73. The van der Waals surface area contributed by atoms with Gasteiger partial charge in [0.2, 0.25) is 21.8 Å². The van der Waals surface area contributed by atoms with Crippen LogP contribution in [0.15, 0.2) is 54.6 Å². The molecule has 1 unspecified atom stereocenters. The lowest BCUT2D eigenvalue weighted by Gasteiger charge is -2.31. The van der Waals surface area contributed by atoms with E-state index in [0.29, 0.717) is 22.8 Å². The number of benzene rings is 2. The van der Waals surface area contributed by atoms with Crippen LogP contribution in [0.25, 0.3) is 0 Å². The molecule has 0 aliphatic rings. The Balaban J connectivity index is 2.35. The first-order chi connectivity index (χ1) is 14.6. The van der Waals surface area contributed by atoms with Crippen LogP contribution in [-0.4, -0.2) is 50.5 Å². The number of hydrogen-bond acceptors (Lipinski definition) is 4. The summed E-state index contributed by atoms with van der Waals surface area (Å²) < 4.78 is 25.8. The van der Waals surface area contributed by atoms with Crippen LogP contribution in [0.1, 0.15) is 25.8 Å². The van der Waals surface area contributed by atoms with E-state index < -0.39 is 28.5 Å². The molecule has 0 fully saturated rings. The zero-order valence-electron chi connectivity index (χ0n) is 17.9. The molecule has 0 radical (unpaired) electrons. The van der Waals surface area contributed by atoms with Gasteiger partial charge in [-0.2, -0.15) is 0 Å². The number of para-hydroxylation sites is 1. The standard InChI is InChI=1S/C22H28ClN3O4S/c1-4-14-24-22(28)17(2)25(15-18-10-8-9-13-20(18)23)21(27)16-26(31(3,29)30)19-11-6-5-7-12-19/h5-13,17H,4,14-16H2,1-3H3,(H,24,28). The predicted octanol–water partition coefficient (Wildman–Crippen LogP) is 3.05. The number of nitrogens with one attached hydrogen (secondary N) is 1. The van der Waals surface area contributed by atoms with Gasteiger partial charge in [-0.05, 0) is 37.1 Å². The molecule has 2 aromatic carbocycles. The molecule has 0 bridgehead atoms. The van der Waals surface area contributed by atoms with Gasteiger partial charge in [0.05, 0.1) is 11.9 Å². The SMILES string of the molecule is CCCNC(=O)C(C)N(Cc1ccccc1Cl)C(=O)CN(c1ccccc1)S(C)(=O)=O. The van der Waals surface area contributed by atoms with E-state index in [0.717, 1.165) is 17.0 Å². The van der Waals surface area contributed by atoms with E-state index in [9.17, 15) is 18.0 Å². The van der Waals surface area contributed by atoms with E-state index in [1.807, 2.05) is 6.92 Å². The molecule has 7 nitrogen and oxygen atoms in total. The van der Waals surface area contributed by atoms with Crippen molar-refractivity contribution in [3.8, 4) is 0 Å². The van der Waals surface area contributed by atoms with Crippen molar-refractivity contribution in [1.29, 1.82) is 0 Å². The minimum absolute atomic E-state index is 0.0750. The summed E-state index contributed by atoms with van der Waals surface area (Å²) in [5.74, 6) is -0.818. The van der Waals surface area contributed by atoms with Gasteiger partial charge in [0.1, 0.15) is 12.6 Å². The number of anilines is 1. The van der Waals surface area contributed by atoms with Crippen molar-refractivity contribution in [3.05, 3.63) is 65.2 Å². The number of sulfonamides is 1. The molecular formula is C22H28ClN3O4S. The van der Waals surface area contributed by atoms with Crippen LogP contribution < -0.4 is 9.62 Å². The average Bonchev–Trinajstić information content (AvgIpc) is 2.74. The molecule has 1 N–H and O–H groups in total. The number of carbonyl (C=O) groups excluding carboxylic acids is 2. The van der Waals surface area contributed by atoms with Crippen LogP contribution in [0.4, 0.5) is 5.69 Å². The molecular weight excluding hydrogens is 438 g/mol. The summed E-state index contributed by atoms with van der Waals surface area (Å²) in [4.78, 5) is 27.3. The van der Waals surface area contributed by atoms with Crippen LogP contribution in [0.2, 0.25) is 5.02 Å². The maximum Gasteiger partial charge on any atom is 0.244 e. The van der Waals surface area contributed by atoms with E-state index >= 15 is 0 Å². The summed E-state index contributed by atoms with van der Waals surface area (Å²) in [7, 11) is -3.73. The number of hydrogen-bond donors (Lipinski definition) is 1. The highest BCUT2D eigenvalue weighted by Gasteiger charge is 2.30. The smallest absolute Gasteiger partial charge is 0.244 e. The highest BCUT2D eigenvalue weighted by atomic mass is 35.5. The Morgan fingerprint density at radius 2 is 1.68 bits per heavy atom. The molecule has 0 saturated heterocycles. The molecule has 0 heterocycles. The molecule has 1 atom stereocenters. The van der Waals surface area contributed by atoms with Crippen molar-refractivity contribution in [2.45, 2.75) is 32.9 Å². The van der Waals surface area contributed by atoms with Gasteiger partial charge in [0.15, 0.2) is 0 Å². The maximum atomic E-state index is 13.3. The van der Waals surface area contributed by atoms with Gasteiger partial charge in [-0.1, -0.05) is 54.9 Å². The van der Waals surface area contributed by atoms with Crippen molar-refractivity contribution in [3.63, 3.8) is 0 Å². The predicted molar refractivity (Wildman–Crippen MR) is 123 cm³/mol. The van der Waals surface area contributed by atoms with Crippen LogP contribution in [0.3, 0.4) is 0 Å². The topological polar surface area (TPSA) is 86.8 Å². The highest BCUT2D eigenvalue weighted by molar-refractivity contribution is 7.92. The van der Waals surface area contributed by atoms with Gasteiger partial charge in [-0.3, -0.25) is 13.9 Å². The largest absolute Gasteiger partial charge is 0.354 e. The van der Waals surface area contributed by atoms with Crippen molar-refractivity contribution < 1.29 is 18.0 Å². The van der Waals surface area contributed by atoms with E-state index in [1.54, 1.807) is 61.5 Å². The Labute approximate surface area is 189 Å². The molecule has 2 rings (SSSR count). The van der Waals surface area contributed by atoms with Gasteiger partial charge in [-0.15, -0.1) is 0 Å². The first-order valence-corrected chi connectivity index (χ1v) is 12.2. The molecule has 2 aromatic rings. The van der Waals surface area contributed by atoms with Crippen molar-refractivity contribution in [1.82, 2.24) is 10.2 Å². The van der Waals surface area contributed by atoms with E-state index in [2.05, 4.69) is 5.32 Å². The normalized spacial score (nSPS) is 12.1. The van der Waals surface area contributed by atoms with Crippen LogP contribution >= 0.6 is 11.6 Å². The minimum Gasteiger partial charge on any atom is -0.354 e. The zero-order chi connectivity index (χ0) is 23.0. The summed E-state index contributed by atoms with van der Waals surface area (Å²) in [5.41, 5.74) is 1.04. The second-order valence-corrected chi connectivity index (χ2v) is 9.50. The van der Waals surface area contributed by atoms with E-state index in [-0.39, 0.29) is 12.5 Å². The monoisotopic (exact) mass is 465 g/mol. The zero-order valence-corrected chi connectivity index (χ0v) is 19.5. The van der Waals surface area contributed by atoms with Gasteiger partial charge >= 0.3 is 0 Å². The lowest BCUT2D eigenvalue weighted by atomic mass is 10.1. The summed E-state index contributed by atoms with van der Waals surface area (Å²) in [6.07, 6.45) is 1.80. The van der Waals surface area contributed by atoms with Gasteiger partial charge in [-0.25, -0.2) is 8.42 Å². The summed E-state index contributed by atoms with van der Waals surface area (Å²) in [5, 5.41) is 3.25. The third-order valence-electron chi connectivity index (χ3n) is 4.74. The number of nitrogens with zero attached hydrogens (tertiary/aromatic N) is 2. The molecule has 0 aromatic heterocycles. The maximum absolute atomic E-state index is 13.3. The molecule has 9 heteroatoms. The van der Waals surface area contributed by atoms with Crippen molar-refractivity contribution in [2.24, 2.45) is 0 Å². The second-order valence-electron chi connectivity index (χ2n) is 7.19. The third kappa shape index (κ3) is 6.97. The Morgan fingerprint density at radius 1 is 1.06 bits per heavy atom. The molecule has 31 heavy (non-hydrogen) atoms. The molecule has 0 saturated carbocycles. The summed E-state index contributed by atoms with van der Waals surface area (Å²) in [6, 6.07) is 14.6. The van der Waals surface area contributed by atoms with Gasteiger partial charge in [0.25, 0.3) is 0 Å². The Bertz CT molecular complexity index is 999. The Morgan fingerprint density at radius 3 is 2.26 bits per heavy atom. The van der Waals surface area contributed by atoms with Crippen molar-refractivity contribution in [2.75, 3.05) is 23.7 Å². The third-order valence-corrected chi connectivity index (χ3v) is 6.25.